The summed E-state index contributed by atoms with van der Waals surface area (Å²) in [4.78, 5) is 13.0. The maximum Gasteiger partial charge on any atom is 0.264 e. The summed E-state index contributed by atoms with van der Waals surface area (Å²) in [5.41, 5.74) is 2.66. The summed E-state index contributed by atoms with van der Waals surface area (Å²) in [6.45, 7) is 3.34. The molecule has 0 aromatic heterocycles. The monoisotopic (exact) mass is 458 g/mol. The van der Waals surface area contributed by atoms with Gasteiger partial charge in [-0.25, -0.2) is 8.42 Å². The molecule has 6 nitrogen and oxygen atoms in total. The first-order valence-electron chi connectivity index (χ1n) is 9.50. The number of rotatable bonds is 7. The lowest BCUT2D eigenvalue weighted by molar-refractivity contribution is -0.114. The average Bonchev–Trinajstić information content (AvgIpc) is 2.73. The number of carbonyl (C=O) groups is 1. The van der Waals surface area contributed by atoms with Crippen molar-refractivity contribution >= 4 is 38.9 Å². The molecule has 0 aliphatic rings. The minimum atomic E-state index is -4.00. The molecule has 1 amide bonds. The van der Waals surface area contributed by atoms with Gasteiger partial charge in [0.15, 0.2) is 0 Å². The summed E-state index contributed by atoms with van der Waals surface area (Å²) in [5, 5.41) is 3.21. The van der Waals surface area contributed by atoms with E-state index in [9.17, 15) is 13.2 Å². The smallest absolute Gasteiger partial charge is 0.264 e. The number of aryl methyl sites for hydroxylation is 2. The van der Waals surface area contributed by atoms with Crippen molar-refractivity contribution in [3.8, 4) is 5.75 Å². The normalized spacial score (nSPS) is 11.1. The zero-order valence-corrected chi connectivity index (χ0v) is 19.0. The summed E-state index contributed by atoms with van der Waals surface area (Å²) in [6.07, 6.45) is 0. The van der Waals surface area contributed by atoms with Crippen LogP contribution in [0.2, 0.25) is 5.02 Å². The van der Waals surface area contributed by atoms with Crippen molar-refractivity contribution in [1.29, 1.82) is 0 Å². The van der Waals surface area contributed by atoms with E-state index in [1.807, 2.05) is 19.9 Å². The van der Waals surface area contributed by atoms with Gasteiger partial charge in [-0.1, -0.05) is 35.4 Å². The van der Waals surface area contributed by atoms with Gasteiger partial charge in [-0.2, -0.15) is 0 Å². The van der Waals surface area contributed by atoms with Crippen LogP contribution in [0.15, 0.2) is 71.6 Å². The highest BCUT2D eigenvalue weighted by Crippen LogP contribution is 2.27. The van der Waals surface area contributed by atoms with Crippen LogP contribution in [-0.2, 0) is 14.8 Å². The van der Waals surface area contributed by atoms with Crippen LogP contribution in [0.1, 0.15) is 11.1 Å². The quantitative estimate of drug-likeness (QED) is 0.551. The van der Waals surface area contributed by atoms with Gasteiger partial charge in [0, 0.05) is 5.02 Å². The molecule has 1 N–H and O–H groups in total. The standard InChI is InChI=1S/C23H23ClN2O4S/c1-16-4-11-20(12-5-16)31(28,29)26(19-9-7-18(24)8-10-19)15-23(27)25-21-14-17(2)6-13-22(21)30-3/h4-14H,15H2,1-3H3,(H,25,27). The van der Waals surface area contributed by atoms with Crippen molar-refractivity contribution < 1.29 is 17.9 Å². The molecule has 162 valence electrons. The van der Waals surface area contributed by atoms with E-state index in [-0.39, 0.29) is 4.90 Å². The number of hydrogen-bond acceptors (Lipinski definition) is 4. The number of sulfonamides is 1. The number of amides is 1. The van der Waals surface area contributed by atoms with Crippen molar-refractivity contribution in [2.24, 2.45) is 0 Å². The Bertz CT molecular complexity index is 1180. The number of carbonyl (C=O) groups excluding carboxylic acids is 1. The Labute approximate surface area is 187 Å². The lowest BCUT2D eigenvalue weighted by atomic mass is 10.2. The zero-order chi connectivity index (χ0) is 22.6. The second kappa shape index (κ2) is 9.41. The Morgan fingerprint density at radius 1 is 0.968 bits per heavy atom. The molecule has 0 atom stereocenters. The van der Waals surface area contributed by atoms with E-state index in [4.69, 9.17) is 16.3 Å². The Morgan fingerprint density at radius 3 is 2.19 bits per heavy atom. The van der Waals surface area contributed by atoms with E-state index in [1.165, 1.54) is 19.2 Å². The highest BCUT2D eigenvalue weighted by atomic mass is 35.5. The van der Waals surface area contributed by atoms with E-state index in [0.717, 1.165) is 15.4 Å². The molecule has 8 heteroatoms. The second-order valence-corrected chi connectivity index (χ2v) is 9.35. The van der Waals surface area contributed by atoms with Gasteiger partial charge in [0.25, 0.3) is 10.0 Å². The molecule has 0 bridgehead atoms. The third kappa shape index (κ3) is 5.37. The third-order valence-electron chi connectivity index (χ3n) is 4.64. The summed E-state index contributed by atoms with van der Waals surface area (Å²) in [7, 11) is -2.49. The molecule has 0 saturated heterocycles. The predicted octanol–water partition coefficient (Wildman–Crippen LogP) is 4.80. The van der Waals surface area contributed by atoms with E-state index < -0.39 is 22.5 Å². The van der Waals surface area contributed by atoms with Crippen LogP contribution in [0, 0.1) is 13.8 Å². The fraction of sp³-hybridized carbons (Fsp3) is 0.174. The molecule has 0 heterocycles. The largest absolute Gasteiger partial charge is 0.495 e. The number of benzene rings is 3. The van der Waals surface area contributed by atoms with Crippen LogP contribution < -0.4 is 14.4 Å². The molecule has 3 aromatic rings. The molecule has 0 aliphatic heterocycles. The van der Waals surface area contributed by atoms with Crippen LogP contribution in [0.25, 0.3) is 0 Å². The van der Waals surface area contributed by atoms with Crippen molar-refractivity contribution in [2.45, 2.75) is 18.7 Å². The number of ether oxygens (including phenoxy) is 1. The highest BCUT2D eigenvalue weighted by molar-refractivity contribution is 7.92. The van der Waals surface area contributed by atoms with Crippen molar-refractivity contribution in [3.05, 3.63) is 82.9 Å². The van der Waals surface area contributed by atoms with Gasteiger partial charge < -0.3 is 10.1 Å². The number of hydrogen-bond donors (Lipinski definition) is 1. The molecule has 3 aromatic carbocycles. The van der Waals surface area contributed by atoms with Crippen LogP contribution in [0.5, 0.6) is 5.75 Å². The number of nitrogens with one attached hydrogen (secondary N) is 1. The van der Waals surface area contributed by atoms with Gasteiger partial charge in [-0.15, -0.1) is 0 Å². The molecule has 0 unspecified atom stereocenters. The third-order valence-corrected chi connectivity index (χ3v) is 6.68. The Balaban J connectivity index is 1.95. The maximum absolute atomic E-state index is 13.4. The first kappa shape index (κ1) is 22.7. The fourth-order valence-corrected chi connectivity index (χ4v) is 4.55. The molecule has 0 aliphatic carbocycles. The van der Waals surface area contributed by atoms with Crippen LogP contribution in [0.4, 0.5) is 11.4 Å². The minimum absolute atomic E-state index is 0.0917. The van der Waals surface area contributed by atoms with E-state index in [2.05, 4.69) is 5.32 Å². The lowest BCUT2D eigenvalue weighted by Crippen LogP contribution is -2.38. The average molecular weight is 459 g/mol. The van der Waals surface area contributed by atoms with Crippen molar-refractivity contribution in [3.63, 3.8) is 0 Å². The van der Waals surface area contributed by atoms with Crippen LogP contribution >= 0.6 is 11.6 Å². The van der Waals surface area contributed by atoms with Crippen LogP contribution in [-0.4, -0.2) is 28.0 Å². The first-order valence-corrected chi connectivity index (χ1v) is 11.3. The Morgan fingerprint density at radius 2 is 1.58 bits per heavy atom. The molecular weight excluding hydrogens is 436 g/mol. The summed E-state index contributed by atoms with van der Waals surface area (Å²) in [6, 6.07) is 18.1. The number of halogens is 1. The second-order valence-electron chi connectivity index (χ2n) is 7.05. The van der Waals surface area contributed by atoms with Gasteiger partial charge in [0.2, 0.25) is 5.91 Å². The maximum atomic E-state index is 13.4. The number of methoxy groups -OCH3 is 1. The molecule has 31 heavy (non-hydrogen) atoms. The SMILES string of the molecule is COc1ccc(C)cc1NC(=O)CN(c1ccc(Cl)cc1)S(=O)(=O)c1ccc(C)cc1. The predicted molar refractivity (Wildman–Crippen MR) is 124 cm³/mol. The summed E-state index contributed by atoms with van der Waals surface area (Å²) in [5.74, 6) is -0.0204. The van der Waals surface area contributed by atoms with Gasteiger partial charge >= 0.3 is 0 Å². The van der Waals surface area contributed by atoms with Gasteiger partial charge in [-0.05, 0) is 67.9 Å². The van der Waals surface area contributed by atoms with Crippen molar-refractivity contribution in [2.75, 3.05) is 23.3 Å². The number of anilines is 2. The minimum Gasteiger partial charge on any atom is -0.495 e. The molecule has 0 saturated carbocycles. The van der Waals surface area contributed by atoms with Gasteiger partial charge in [0.1, 0.15) is 12.3 Å². The zero-order valence-electron chi connectivity index (χ0n) is 17.4. The first-order chi connectivity index (χ1) is 14.7. The Hall–Kier alpha value is -3.03. The van der Waals surface area contributed by atoms with E-state index >= 15 is 0 Å². The highest BCUT2D eigenvalue weighted by Gasteiger charge is 2.27. The lowest BCUT2D eigenvalue weighted by Gasteiger charge is -2.24. The summed E-state index contributed by atoms with van der Waals surface area (Å²) >= 11 is 5.97. The molecule has 0 spiro atoms. The molecule has 0 radical (unpaired) electrons. The summed E-state index contributed by atoms with van der Waals surface area (Å²) < 4.78 is 33.1. The molecule has 3 rings (SSSR count). The molecule has 0 fully saturated rings. The van der Waals surface area contributed by atoms with Gasteiger partial charge in [0.05, 0.1) is 23.4 Å². The number of nitrogens with zero attached hydrogens (tertiary/aromatic N) is 1. The molecular formula is C23H23ClN2O4S. The van der Waals surface area contributed by atoms with E-state index in [0.29, 0.717) is 22.1 Å². The van der Waals surface area contributed by atoms with Crippen molar-refractivity contribution in [1.82, 2.24) is 0 Å². The van der Waals surface area contributed by atoms with E-state index in [1.54, 1.807) is 48.5 Å². The van der Waals surface area contributed by atoms with Gasteiger partial charge in [-0.3, -0.25) is 9.10 Å². The Kier molecular flexibility index (Phi) is 6.87. The fourth-order valence-electron chi connectivity index (χ4n) is 3.00. The topological polar surface area (TPSA) is 75.7 Å². The van der Waals surface area contributed by atoms with Crippen LogP contribution in [0.3, 0.4) is 0 Å².